The maximum Gasteiger partial charge on any atom is 0.244 e. The van der Waals surface area contributed by atoms with E-state index in [-0.39, 0.29) is 24.8 Å². The van der Waals surface area contributed by atoms with Crippen LogP contribution in [0.3, 0.4) is 0 Å². The van der Waals surface area contributed by atoms with Crippen molar-refractivity contribution < 1.29 is 18.3 Å². The van der Waals surface area contributed by atoms with Crippen molar-refractivity contribution in [3.05, 3.63) is 54.1 Å². The number of benzene rings is 1. The molecule has 3 nitrogen and oxygen atoms in total. The molecule has 0 saturated carbocycles. The molecule has 0 aliphatic carbocycles. The molecule has 1 aromatic carbocycles. The number of rotatable bonds is 6. The smallest absolute Gasteiger partial charge is 0.244 e. The van der Waals surface area contributed by atoms with E-state index < -0.39 is 11.6 Å². The molecule has 0 fully saturated rings. The summed E-state index contributed by atoms with van der Waals surface area (Å²) in [5.74, 6) is -1.56. The van der Waals surface area contributed by atoms with E-state index in [1.807, 2.05) is 6.92 Å². The number of halogens is 2. The van der Waals surface area contributed by atoms with Crippen molar-refractivity contribution in [1.82, 2.24) is 5.32 Å². The Morgan fingerprint density at radius 1 is 1.26 bits per heavy atom. The molecule has 0 heterocycles. The van der Waals surface area contributed by atoms with E-state index in [0.717, 1.165) is 18.2 Å². The van der Waals surface area contributed by atoms with Crippen LogP contribution in [0.15, 0.2) is 42.5 Å². The molecule has 19 heavy (non-hydrogen) atoms. The van der Waals surface area contributed by atoms with E-state index in [0.29, 0.717) is 0 Å². The Morgan fingerprint density at radius 3 is 2.58 bits per heavy atom. The molecule has 0 spiro atoms. The summed E-state index contributed by atoms with van der Waals surface area (Å²) in [6, 6.07) is 2.92. The predicted octanol–water partition coefficient (Wildman–Crippen LogP) is 2.59. The van der Waals surface area contributed by atoms with Gasteiger partial charge >= 0.3 is 0 Å². The van der Waals surface area contributed by atoms with Crippen molar-refractivity contribution >= 4 is 5.91 Å². The predicted molar refractivity (Wildman–Crippen MR) is 68.8 cm³/mol. The van der Waals surface area contributed by atoms with Crippen LogP contribution in [0.1, 0.15) is 6.92 Å². The fourth-order valence-electron chi connectivity index (χ4n) is 1.27. The summed E-state index contributed by atoms with van der Waals surface area (Å²) in [7, 11) is 0. The summed E-state index contributed by atoms with van der Waals surface area (Å²) < 4.78 is 30.8. The Bertz CT molecular complexity index is 464. The highest BCUT2D eigenvalue weighted by Gasteiger charge is 2.01. The van der Waals surface area contributed by atoms with Gasteiger partial charge in [0.05, 0.1) is 6.54 Å². The number of carbonyl (C=O) groups excluding carboxylic acids is 1. The summed E-state index contributed by atoms with van der Waals surface area (Å²) in [5, 5.41) is 2.57. The number of hydrogen-bond donors (Lipinski definition) is 1. The monoisotopic (exact) mass is 267 g/mol. The van der Waals surface area contributed by atoms with E-state index in [4.69, 9.17) is 4.74 Å². The van der Waals surface area contributed by atoms with Crippen molar-refractivity contribution in [1.29, 1.82) is 0 Å². The Hall–Kier alpha value is -2.17. The van der Waals surface area contributed by atoms with Crippen molar-refractivity contribution in [2.75, 3.05) is 13.2 Å². The largest absolute Gasteiger partial charge is 0.492 e. The van der Waals surface area contributed by atoms with Crippen LogP contribution in [0.25, 0.3) is 0 Å². The molecule has 0 radical (unpaired) electrons. The van der Waals surface area contributed by atoms with Crippen molar-refractivity contribution in [3.8, 4) is 5.75 Å². The molecule has 0 saturated heterocycles. The van der Waals surface area contributed by atoms with E-state index >= 15 is 0 Å². The quantitative estimate of drug-likeness (QED) is 0.489. The lowest BCUT2D eigenvalue weighted by Crippen LogP contribution is -2.26. The first-order valence-corrected chi connectivity index (χ1v) is 5.78. The van der Waals surface area contributed by atoms with Crippen molar-refractivity contribution in [2.45, 2.75) is 6.92 Å². The average molecular weight is 267 g/mol. The SMILES string of the molecule is C/C=C/C=C/C(=O)NCCOc1cc(F)cc(F)c1. The van der Waals surface area contributed by atoms with Crippen molar-refractivity contribution in [3.63, 3.8) is 0 Å². The zero-order chi connectivity index (χ0) is 14.1. The molecular formula is C14H15F2NO2. The van der Waals surface area contributed by atoms with E-state index in [1.54, 1.807) is 18.2 Å². The maximum absolute atomic E-state index is 12.8. The Morgan fingerprint density at radius 2 is 1.95 bits per heavy atom. The molecule has 1 rings (SSSR count). The number of ether oxygens (including phenoxy) is 1. The van der Waals surface area contributed by atoms with Crippen LogP contribution in [0.5, 0.6) is 5.75 Å². The van der Waals surface area contributed by atoms with E-state index in [1.165, 1.54) is 6.08 Å². The first kappa shape index (κ1) is 14.9. The average Bonchev–Trinajstić information content (AvgIpc) is 2.34. The number of nitrogens with one attached hydrogen (secondary N) is 1. The molecule has 0 atom stereocenters. The number of carbonyl (C=O) groups is 1. The van der Waals surface area contributed by atoms with E-state index in [2.05, 4.69) is 5.32 Å². The third-order valence-corrected chi connectivity index (χ3v) is 2.06. The maximum atomic E-state index is 12.8. The van der Waals surface area contributed by atoms with Crippen LogP contribution >= 0.6 is 0 Å². The highest BCUT2D eigenvalue weighted by molar-refractivity contribution is 5.87. The van der Waals surface area contributed by atoms with Crippen LogP contribution in [0.2, 0.25) is 0 Å². The van der Waals surface area contributed by atoms with Gasteiger partial charge in [0.15, 0.2) is 0 Å². The van der Waals surface area contributed by atoms with Gasteiger partial charge < -0.3 is 10.1 Å². The van der Waals surface area contributed by atoms with Gasteiger partial charge in [-0.3, -0.25) is 4.79 Å². The molecular weight excluding hydrogens is 252 g/mol. The molecule has 102 valence electrons. The van der Waals surface area contributed by atoms with Crippen LogP contribution in [0.4, 0.5) is 8.78 Å². The van der Waals surface area contributed by atoms with Gasteiger partial charge in [-0.15, -0.1) is 0 Å². The minimum Gasteiger partial charge on any atom is -0.492 e. The van der Waals surface area contributed by atoms with Gasteiger partial charge in [0.2, 0.25) is 5.91 Å². The second-order valence-electron chi connectivity index (χ2n) is 3.63. The molecule has 0 unspecified atom stereocenters. The lowest BCUT2D eigenvalue weighted by Gasteiger charge is -2.06. The van der Waals surface area contributed by atoms with Crippen LogP contribution in [-0.2, 0) is 4.79 Å². The summed E-state index contributed by atoms with van der Waals surface area (Å²) in [4.78, 5) is 11.2. The molecule has 0 aromatic heterocycles. The van der Waals surface area contributed by atoms with Crippen LogP contribution in [0, 0.1) is 11.6 Å². The first-order chi connectivity index (χ1) is 9.11. The summed E-state index contributed by atoms with van der Waals surface area (Å²) >= 11 is 0. The lowest BCUT2D eigenvalue weighted by molar-refractivity contribution is -0.116. The Kier molecular flexibility index (Phi) is 6.29. The zero-order valence-corrected chi connectivity index (χ0v) is 10.5. The molecule has 1 amide bonds. The third-order valence-electron chi connectivity index (χ3n) is 2.06. The Labute approximate surface area is 110 Å². The van der Waals surface area contributed by atoms with Crippen LogP contribution < -0.4 is 10.1 Å². The second-order valence-corrected chi connectivity index (χ2v) is 3.63. The van der Waals surface area contributed by atoms with E-state index in [9.17, 15) is 13.6 Å². The number of allylic oxidation sites excluding steroid dienone is 3. The van der Waals surface area contributed by atoms with Crippen molar-refractivity contribution in [2.24, 2.45) is 0 Å². The summed E-state index contributed by atoms with van der Waals surface area (Å²) in [6.45, 7) is 2.22. The fraction of sp³-hybridized carbons (Fsp3) is 0.214. The molecule has 1 aromatic rings. The Balaban J connectivity index is 2.29. The zero-order valence-electron chi connectivity index (χ0n) is 10.5. The number of amides is 1. The first-order valence-electron chi connectivity index (χ1n) is 5.78. The molecule has 0 aliphatic heterocycles. The highest BCUT2D eigenvalue weighted by atomic mass is 19.1. The summed E-state index contributed by atoms with van der Waals surface area (Å²) in [6.07, 6.45) is 6.51. The van der Waals surface area contributed by atoms with Gasteiger partial charge in [-0.05, 0) is 6.92 Å². The molecule has 5 heteroatoms. The minimum atomic E-state index is -0.701. The van der Waals surface area contributed by atoms with Gasteiger partial charge in [-0.25, -0.2) is 8.78 Å². The van der Waals surface area contributed by atoms with Gasteiger partial charge in [0.1, 0.15) is 24.0 Å². The standard InChI is InChI=1S/C14H15F2NO2/c1-2-3-4-5-14(18)17-6-7-19-13-9-11(15)8-12(16)10-13/h2-5,8-10H,6-7H2,1H3,(H,17,18)/b3-2+,5-4+. The molecule has 1 N–H and O–H groups in total. The number of hydrogen-bond acceptors (Lipinski definition) is 2. The topological polar surface area (TPSA) is 38.3 Å². The minimum absolute atomic E-state index is 0.0937. The van der Waals surface area contributed by atoms with Gasteiger partial charge in [-0.2, -0.15) is 0 Å². The van der Waals surface area contributed by atoms with Crippen LogP contribution in [-0.4, -0.2) is 19.1 Å². The van der Waals surface area contributed by atoms with Gasteiger partial charge in [-0.1, -0.05) is 18.2 Å². The third kappa shape index (κ3) is 6.35. The second kappa shape index (κ2) is 8.02. The lowest BCUT2D eigenvalue weighted by atomic mass is 10.3. The fourth-order valence-corrected chi connectivity index (χ4v) is 1.27. The molecule has 0 bridgehead atoms. The summed E-state index contributed by atoms with van der Waals surface area (Å²) in [5.41, 5.74) is 0. The molecule has 0 aliphatic rings. The van der Waals surface area contributed by atoms with Gasteiger partial charge in [0, 0.05) is 24.3 Å². The van der Waals surface area contributed by atoms with Gasteiger partial charge in [0.25, 0.3) is 0 Å². The normalized spacial score (nSPS) is 11.1. The highest BCUT2D eigenvalue weighted by Crippen LogP contribution is 2.14.